The van der Waals surface area contributed by atoms with Gasteiger partial charge in [-0.1, -0.05) is 0 Å². The van der Waals surface area contributed by atoms with Crippen molar-refractivity contribution in [2.24, 2.45) is 0 Å². The van der Waals surface area contributed by atoms with Gasteiger partial charge in [0.25, 0.3) is 0 Å². The van der Waals surface area contributed by atoms with E-state index in [0.29, 0.717) is 24.6 Å². The molecule has 5 nitrogen and oxygen atoms in total. The Morgan fingerprint density at radius 2 is 2.26 bits per heavy atom. The zero-order chi connectivity index (χ0) is 13.2. The molecule has 0 N–H and O–H groups in total. The number of hydrogen-bond donors (Lipinski definition) is 0. The number of ether oxygens (including phenoxy) is 1. The van der Waals surface area contributed by atoms with Gasteiger partial charge in [0.15, 0.2) is 0 Å². The number of nitrogens with zero attached hydrogens (tertiary/aromatic N) is 4. The molecule has 0 radical (unpaired) electrons. The summed E-state index contributed by atoms with van der Waals surface area (Å²) in [5, 5.41) is 0. The smallest absolute Gasteiger partial charge is 0.218 e. The minimum Gasteiger partial charge on any atom is -0.478 e. The average Bonchev–Trinajstić information content (AvgIpc) is 2.85. The highest BCUT2D eigenvalue weighted by Crippen LogP contribution is 2.28. The predicted molar refractivity (Wildman–Crippen MR) is 74.6 cm³/mol. The Bertz CT molecular complexity index is 439. The van der Waals surface area contributed by atoms with Gasteiger partial charge in [-0.2, -0.15) is 0 Å². The quantitative estimate of drug-likeness (QED) is 0.826. The number of aromatic nitrogens is 2. The first kappa shape index (κ1) is 12.7. The van der Waals surface area contributed by atoms with Gasteiger partial charge in [-0.25, -0.2) is 9.97 Å². The zero-order valence-corrected chi connectivity index (χ0v) is 11.7. The first-order valence-corrected chi connectivity index (χ1v) is 7.23. The van der Waals surface area contributed by atoms with Crippen LogP contribution < -0.4 is 9.64 Å². The Labute approximate surface area is 114 Å². The molecule has 2 unspecified atom stereocenters. The van der Waals surface area contributed by atoms with Crippen LogP contribution in [0.25, 0.3) is 0 Å². The highest BCUT2D eigenvalue weighted by atomic mass is 16.5. The molecule has 5 heteroatoms. The highest BCUT2D eigenvalue weighted by Gasteiger charge is 2.34. The second-order valence-corrected chi connectivity index (χ2v) is 5.44. The van der Waals surface area contributed by atoms with Crippen molar-refractivity contribution in [3.63, 3.8) is 0 Å². The molecular formula is C14H22N4O. The van der Waals surface area contributed by atoms with Crippen LogP contribution in [0.2, 0.25) is 0 Å². The molecule has 2 aliphatic heterocycles. The monoisotopic (exact) mass is 262 g/mol. The third kappa shape index (κ3) is 2.52. The third-order valence-electron chi connectivity index (χ3n) is 4.15. The van der Waals surface area contributed by atoms with Crippen LogP contribution in [0.15, 0.2) is 12.4 Å². The van der Waals surface area contributed by atoms with Gasteiger partial charge in [0.05, 0.1) is 6.61 Å². The summed E-state index contributed by atoms with van der Waals surface area (Å²) < 4.78 is 5.47. The summed E-state index contributed by atoms with van der Waals surface area (Å²) in [5.74, 6) is 1.67. The normalized spacial score (nSPS) is 27.4. The molecule has 2 saturated heterocycles. The Morgan fingerprint density at radius 1 is 1.37 bits per heavy atom. The van der Waals surface area contributed by atoms with Crippen LogP contribution >= 0.6 is 0 Å². The highest BCUT2D eigenvalue weighted by molar-refractivity contribution is 5.43. The lowest BCUT2D eigenvalue weighted by Crippen LogP contribution is -2.55. The van der Waals surface area contributed by atoms with Gasteiger partial charge in [-0.3, -0.25) is 4.90 Å². The average molecular weight is 262 g/mol. The van der Waals surface area contributed by atoms with E-state index in [1.807, 2.05) is 13.0 Å². The van der Waals surface area contributed by atoms with E-state index in [4.69, 9.17) is 4.74 Å². The molecule has 0 bridgehead atoms. The number of anilines is 1. The molecule has 3 rings (SSSR count). The Morgan fingerprint density at radius 3 is 3.11 bits per heavy atom. The van der Waals surface area contributed by atoms with Crippen molar-refractivity contribution in [1.82, 2.24) is 14.9 Å². The Kier molecular flexibility index (Phi) is 3.55. The molecule has 0 aliphatic carbocycles. The van der Waals surface area contributed by atoms with Crippen LogP contribution in [-0.4, -0.2) is 53.2 Å². The summed E-state index contributed by atoms with van der Waals surface area (Å²) in [6.07, 6.45) is 4.25. The van der Waals surface area contributed by atoms with Gasteiger partial charge in [0.1, 0.15) is 12.1 Å². The molecule has 0 spiro atoms. The van der Waals surface area contributed by atoms with E-state index in [0.717, 1.165) is 18.9 Å². The molecular weight excluding hydrogens is 240 g/mol. The van der Waals surface area contributed by atoms with Crippen molar-refractivity contribution >= 4 is 5.82 Å². The summed E-state index contributed by atoms with van der Waals surface area (Å²) in [6.45, 7) is 8.36. The molecule has 104 valence electrons. The lowest BCUT2D eigenvalue weighted by atomic mass is 10.1. The van der Waals surface area contributed by atoms with E-state index in [1.165, 1.54) is 19.4 Å². The fourth-order valence-corrected chi connectivity index (χ4v) is 3.22. The Balaban J connectivity index is 1.78. The van der Waals surface area contributed by atoms with Gasteiger partial charge in [0.2, 0.25) is 5.88 Å². The molecule has 2 fully saturated rings. The SMILES string of the molecule is CCOc1cc(N2CC3CCCN3CC2C)ncn1. The maximum atomic E-state index is 5.47. The van der Waals surface area contributed by atoms with Crippen molar-refractivity contribution in [3.05, 3.63) is 12.4 Å². The summed E-state index contributed by atoms with van der Waals surface area (Å²) in [5.41, 5.74) is 0. The summed E-state index contributed by atoms with van der Waals surface area (Å²) in [4.78, 5) is 13.6. The number of piperazine rings is 1. The zero-order valence-electron chi connectivity index (χ0n) is 11.7. The standard InChI is InChI=1S/C14H22N4O/c1-3-19-14-7-13(15-10-16-14)18-9-12-5-4-6-17(12)8-11(18)2/h7,10-12H,3-6,8-9H2,1-2H3. The largest absolute Gasteiger partial charge is 0.478 e. The number of fused-ring (bicyclic) bond motifs is 1. The van der Waals surface area contributed by atoms with Gasteiger partial charge >= 0.3 is 0 Å². The van der Waals surface area contributed by atoms with Crippen molar-refractivity contribution < 1.29 is 4.74 Å². The fourth-order valence-electron chi connectivity index (χ4n) is 3.22. The summed E-state index contributed by atoms with van der Waals surface area (Å²) in [6, 6.07) is 3.16. The second kappa shape index (κ2) is 5.33. The lowest BCUT2D eigenvalue weighted by Gasteiger charge is -2.42. The van der Waals surface area contributed by atoms with E-state index in [1.54, 1.807) is 6.33 Å². The molecule has 2 atom stereocenters. The van der Waals surface area contributed by atoms with Crippen LogP contribution in [0.1, 0.15) is 26.7 Å². The fraction of sp³-hybridized carbons (Fsp3) is 0.714. The number of hydrogen-bond acceptors (Lipinski definition) is 5. The van der Waals surface area contributed by atoms with Crippen LogP contribution in [0.3, 0.4) is 0 Å². The van der Waals surface area contributed by atoms with Gasteiger partial charge in [-0.05, 0) is 33.2 Å². The van der Waals surface area contributed by atoms with Crippen LogP contribution in [0.5, 0.6) is 5.88 Å². The van der Waals surface area contributed by atoms with Crippen LogP contribution in [0, 0.1) is 0 Å². The van der Waals surface area contributed by atoms with Gasteiger partial charge in [-0.15, -0.1) is 0 Å². The lowest BCUT2D eigenvalue weighted by molar-refractivity contribution is 0.202. The van der Waals surface area contributed by atoms with Gasteiger partial charge < -0.3 is 9.64 Å². The second-order valence-electron chi connectivity index (χ2n) is 5.44. The molecule has 2 aliphatic rings. The number of rotatable bonds is 3. The molecule has 1 aromatic rings. The van der Waals surface area contributed by atoms with Crippen molar-refractivity contribution in [2.45, 2.75) is 38.8 Å². The van der Waals surface area contributed by atoms with Crippen LogP contribution in [0.4, 0.5) is 5.82 Å². The summed E-state index contributed by atoms with van der Waals surface area (Å²) >= 11 is 0. The maximum absolute atomic E-state index is 5.47. The van der Waals surface area contributed by atoms with Crippen molar-refractivity contribution in [1.29, 1.82) is 0 Å². The van der Waals surface area contributed by atoms with Crippen molar-refractivity contribution in [2.75, 3.05) is 31.1 Å². The molecule has 1 aromatic heterocycles. The molecule has 0 amide bonds. The summed E-state index contributed by atoms with van der Waals surface area (Å²) in [7, 11) is 0. The molecule has 19 heavy (non-hydrogen) atoms. The first-order chi connectivity index (χ1) is 9.28. The third-order valence-corrected chi connectivity index (χ3v) is 4.15. The maximum Gasteiger partial charge on any atom is 0.218 e. The van der Waals surface area contributed by atoms with Crippen LogP contribution in [-0.2, 0) is 0 Å². The van der Waals surface area contributed by atoms with E-state index < -0.39 is 0 Å². The molecule has 3 heterocycles. The van der Waals surface area contributed by atoms with E-state index in [9.17, 15) is 0 Å². The first-order valence-electron chi connectivity index (χ1n) is 7.23. The van der Waals surface area contributed by atoms with E-state index >= 15 is 0 Å². The Hall–Kier alpha value is -1.36. The van der Waals surface area contributed by atoms with Crippen molar-refractivity contribution in [3.8, 4) is 5.88 Å². The van der Waals surface area contributed by atoms with Gasteiger partial charge in [0, 0.05) is 31.2 Å². The predicted octanol–water partition coefficient (Wildman–Crippen LogP) is 1.55. The topological polar surface area (TPSA) is 41.5 Å². The molecule has 0 saturated carbocycles. The van der Waals surface area contributed by atoms with E-state index in [-0.39, 0.29) is 0 Å². The minimum absolute atomic E-state index is 0.499. The van der Waals surface area contributed by atoms with E-state index in [2.05, 4.69) is 26.7 Å². The minimum atomic E-state index is 0.499. The molecule has 0 aromatic carbocycles.